The molecule has 0 fully saturated rings. The van der Waals surface area contributed by atoms with E-state index >= 15 is 0 Å². The number of rotatable bonds is 4. The number of pyridine rings is 1. The summed E-state index contributed by atoms with van der Waals surface area (Å²) in [7, 11) is 0. The zero-order chi connectivity index (χ0) is 12.1. The highest BCUT2D eigenvalue weighted by Gasteiger charge is 2.02. The lowest BCUT2D eigenvalue weighted by Crippen LogP contribution is -2.05. The van der Waals surface area contributed by atoms with Gasteiger partial charge in [-0.3, -0.25) is 4.98 Å². The molecule has 0 unspecified atom stereocenters. The molecular weight excluding hydrogens is 300 g/mol. The molecule has 0 atom stereocenters. The van der Waals surface area contributed by atoms with Gasteiger partial charge in [0.2, 0.25) is 0 Å². The van der Waals surface area contributed by atoms with Crippen molar-refractivity contribution in [3.63, 3.8) is 0 Å². The Labute approximate surface area is 114 Å². The van der Waals surface area contributed by atoms with E-state index in [1.807, 2.05) is 42.7 Å². The van der Waals surface area contributed by atoms with Gasteiger partial charge < -0.3 is 5.32 Å². The summed E-state index contributed by atoms with van der Waals surface area (Å²) in [5, 5.41) is 4.07. The van der Waals surface area contributed by atoms with Crippen LogP contribution in [0.3, 0.4) is 0 Å². The normalized spacial score (nSPS) is 10.2. The Bertz CT molecular complexity index is 488. The molecule has 0 aliphatic rings. The molecule has 1 heterocycles. The van der Waals surface area contributed by atoms with E-state index in [-0.39, 0.29) is 0 Å². The van der Waals surface area contributed by atoms with Crippen LogP contribution in [0.5, 0.6) is 0 Å². The topological polar surface area (TPSA) is 24.9 Å². The quantitative estimate of drug-likeness (QED) is 0.917. The second-order valence-corrected chi connectivity index (χ2v) is 4.83. The number of nitrogens with zero attached hydrogens (tertiary/aromatic N) is 1. The van der Waals surface area contributed by atoms with Crippen LogP contribution in [0, 0.1) is 0 Å². The van der Waals surface area contributed by atoms with Gasteiger partial charge in [-0.15, -0.1) is 0 Å². The third kappa shape index (κ3) is 3.45. The summed E-state index contributed by atoms with van der Waals surface area (Å²) in [6.07, 6.45) is 4.58. The molecule has 4 heteroatoms. The van der Waals surface area contributed by atoms with Crippen LogP contribution in [0.4, 0.5) is 5.69 Å². The minimum absolute atomic E-state index is 0.721. The van der Waals surface area contributed by atoms with Crippen LogP contribution in [0.15, 0.2) is 47.2 Å². The molecule has 88 valence electrons. The van der Waals surface area contributed by atoms with E-state index in [9.17, 15) is 0 Å². The standard InChI is InChI=1S/C13H12BrClN2/c14-13-11(15)2-1-3-12(13)17-9-6-10-4-7-16-8-5-10/h1-5,7-8,17H,6,9H2. The van der Waals surface area contributed by atoms with Crippen LogP contribution >= 0.6 is 27.5 Å². The van der Waals surface area contributed by atoms with Crippen LogP contribution in [0.1, 0.15) is 5.56 Å². The first-order valence-electron chi connectivity index (χ1n) is 5.34. The van der Waals surface area contributed by atoms with Crippen molar-refractivity contribution in [3.05, 3.63) is 57.8 Å². The monoisotopic (exact) mass is 310 g/mol. The molecule has 1 N–H and O–H groups in total. The van der Waals surface area contributed by atoms with Gasteiger partial charge in [0.05, 0.1) is 9.50 Å². The molecule has 0 saturated carbocycles. The minimum atomic E-state index is 0.721. The van der Waals surface area contributed by atoms with Crippen LogP contribution in [0.2, 0.25) is 5.02 Å². The summed E-state index contributed by atoms with van der Waals surface area (Å²) in [5.74, 6) is 0. The molecule has 1 aromatic heterocycles. The van der Waals surface area contributed by atoms with Gasteiger partial charge in [-0.2, -0.15) is 0 Å². The fourth-order valence-corrected chi connectivity index (χ4v) is 2.11. The lowest BCUT2D eigenvalue weighted by molar-refractivity contribution is 1.01. The minimum Gasteiger partial charge on any atom is -0.384 e. The molecule has 0 amide bonds. The second-order valence-electron chi connectivity index (χ2n) is 3.63. The largest absolute Gasteiger partial charge is 0.384 e. The maximum absolute atomic E-state index is 6.01. The van der Waals surface area contributed by atoms with Crippen LogP contribution in [-0.2, 0) is 6.42 Å². The van der Waals surface area contributed by atoms with Crippen LogP contribution < -0.4 is 5.32 Å². The third-order valence-corrected chi connectivity index (χ3v) is 3.83. The van der Waals surface area contributed by atoms with Crippen molar-refractivity contribution in [2.45, 2.75) is 6.42 Å². The molecule has 17 heavy (non-hydrogen) atoms. The van der Waals surface area contributed by atoms with Gasteiger partial charge in [0.1, 0.15) is 0 Å². The van der Waals surface area contributed by atoms with E-state index in [0.717, 1.165) is 28.1 Å². The summed E-state index contributed by atoms with van der Waals surface area (Å²) in [6, 6.07) is 9.84. The number of halogens is 2. The van der Waals surface area contributed by atoms with Crippen molar-refractivity contribution in [1.82, 2.24) is 4.98 Å². The highest BCUT2D eigenvalue weighted by molar-refractivity contribution is 9.10. The Balaban J connectivity index is 1.93. The lowest BCUT2D eigenvalue weighted by atomic mass is 10.2. The van der Waals surface area contributed by atoms with E-state index in [2.05, 4.69) is 26.2 Å². The number of aromatic nitrogens is 1. The maximum Gasteiger partial charge on any atom is 0.0593 e. The van der Waals surface area contributed by atoms with Gasteiger partial charge in [-0.05, 0) is 52.2 Å². The summed E-state index contributed by atoms with van der Waals surface area (Å²) in [4.78, 5) is 3.99. The van der Waals surface area contributed by atoms with E-state index < -0.39 is 0 Å². The molecule has 1 aromatic carbocycles. The summed E-state index contributed by atoms with van der Waals surface area (Å²) >= 11 is 9.48. The Hall–Kier alpha value is -1.06. The predicted octanol–water partition coefficient (Wildman–Crippen LogP) is 4.15. The van der Waals surface area contributed by atoms with Crippen molar-refractivity contribution >= 4 is 33.2 Å². The number of nitrogens with one attached hydrogen (secondary N) is 1. The molecule has 0 bridgehead atoms. The van der Waals surface area contributed by atoms with Gasteiger partial charge in [0.25, 0.3) is 0 Å². The molecule has 0 radical (unpaired) electrons. The molecule has 2 rings (SSSR count). The second kappa shape index (κ2) is 6.03. The first-order valence-corrected chi connectivity index (χ1v) is 6.51. The highest BCUT2D eigenvalue weighted by atomic mass is 79.9. The first-order chi connectivity index (χ1) is 8.27. The van der Waals surface area contributed by atoms with E-state index in [1.165, 1.54) is 5.56 Å². The van der Waals surface area contributed by atoms with Crippen LogP contribution in [0.25, 0.3) is 0 Å². The van der Waals surface area contributed by atoms with Crippen molar-refractivity contribution < 1.29 is 0 Å². The van der Waals surface area contributed by atoms with Gasteiger partial charge in [0.15, 0.2) is 0 Å². The van der Waals surface area contributed by atoms with Gasteiger partial charge in [0, 0.05) is 24.6 Å². The lowest BCUT2D eigenvalue weighted by Gasteiger charge is -2.09. The van der Waals surface area contributed by atoms with Crippen molar-refractivity contribution in [3.8, 4) is 0 Å². The van der Waals surface area contributed by atoms with Crippen molar-refractivity contribution in [1.29, 1.82) is 0 Å². The van der Waals surface area contributed by atoms with E-state index in [1.54, 1.807) is 0 Å². The average Bonchev–Trinajstić information content (AvgIpc) is 2.36. The smallest absolute Gasteiger partial charge is 0.0593 e. The Kier molecular flexibility index (Phi) is 4.40. The van der Waals surface area contributed by atoms with Crippen molar-refractivity contribution in [2.24, 2.45) is 0 Å². The van der Waals surface area contributed by atoms with Crippen molar-refractivity contribution in [2.75, 3.05) is 11.9 Å². The number of hydrogen-bond acceptors (Lipinski definition) is 2. The molecule has 0 aliphatic heterocycles. The summed E-state index contributed by atoms with van der Waals surface area (Å²) < 4.78 is 0.913. The highest BCUT2D eigenvalue weighted by Crippen LogP contribution is 2.29. The summed E-state index contributed by atoms with van der Waals surface area (Å²) in [5.41, 5.74) is 2.29. The van der Waals surface area contributed by atoms with Gasteiger partial charge >= 0.3 is 0 Å². The Morgan fingerprint density at radius 1 is 1.18 bits per heavy atom. The third-order valence-electron chi connectivity index (χ3n) is 2.43. The molecule has 0 saturated heterocycles. The average molecular weight is 312 g/mol. The SMILES string of the molecule is Clc1cccc(NCCc2ccncc2)c1Br. The zero-order valence-corrected chi connectivity index (χ0v) is 11.5. The first kappa shape index (κ1) is 12.4. The number of hydrogen-bond donors (Lipinski definition) is 1. The fourth-order valence-electron chi connectivity index (χ4n) is 1.53. The summed E-state index contributed by atoms with van der Waals surface area (Å²) in [6.45, 7) is 0.864. The maximum atomic E-state index is 6.01. The fraction of sp³-hybridized carbons (Fsp3) is 0.154. The molecular formula is C13H12BrClN2. The number of anilines is 1. The zero-order valence-electron chi connectivity index (χ0n) is 9.16. The van der Waals surface area contributed by atoms with Crippen LogP contribution in [-0.4, -0.2) is 11.5 Å². The van der Waals surface area contributed by atoms with E-state index in [0.29, 0.717) is 0 Å². The van der Waals surface area contributed by atoms with E-state index in [4.69, 9.17) is 11.6 Å². The Morgan fingerprint density at radius 2 is 1.94 bits per heavy atom. The predicted molar refractivity (Wildman–Crippen MR) is 75.6 cm³/mol. The molecule has 0 spiro atoms. The Morgan fingerprint density at radius 3 is 2.71 bits per heavy atom. The molecule has 0 aliphatic carbocycles. The molecule has 2 aromatic rings. The molecule has 2 nitrogen and oxygen atoms in total. The van der Waals surface area contributed by atoms with Gasteiger partial charge in [-0.1, -0.05) is 17.7 Å². The van der Waals surface area contributed by atoms with Gasteiger partial charge in [-0.25, -0.2) is 0 Å². The number of benzene rings is 1.